The summed E-state index contributed by atoms with van der Waals surface area (Å²) in [5.41, 5.74) is 2.67. The van der Waals surface area contributed by atoms with E-state index in [0.29, 0.717) is 12.2 Å². The van der Waals surface area contributed by atoms with Gasteiger partial charge < -0.3 is 25.6 Å². The predicted molar refractivity (Wildman–Crippen MR) is 151 cm³/mol. The van der Waals surface area contributed by atoms with Crippen LogP contribution in [0.5, 0.6) is 0 Å². The maximum atomic E-state index is 13.0. The number of aromatic nitrogens is 1. The molecule has 1 aromatic heterocycles. The van der Waals surface area contributed by atoms with E-state index >= 15 is 0 Å². The molecule has 2 aromatic rings. The van der Waals surface area contributed by atoms with Crippen LogP contribution in [0.2, 0.25) is 0 Å². The van der Waals surface area contributed by atoms with Crippen molar-refractivity contribution in [3.8, 4) is 0 Å². The molecule has 3 amide bonds. The maximum Gasteiger partial charge on any atom is 0.303 e. The summed E-state index contributed by atoms with van der Waals surface area (Å²) in [6.07, 6.45) is 6.59. The predicted octanol–water partition coefficient (Wildman–Crippen LogP) is 3.95. The van der Waals surface area contributed by atoms with Gasteiger partial charge in [0.05, 0.1) is 12.3 Å². The zero-order chi connectivity index (χ0) is 28.1. The van der Waals surface area contributed by atoms with Crippen LogP contribution in [-0.2, 0) is 25.7 Å². The monoisotopic (exact) mass is 544 g/mol. The molecule has 0 aliphatic heterocycles. The second-order valence-electron chi connectivity index (χ2n) is 9.72. The summed E-state index contributed by atoms with van der Waals surface area (Å²) < 4.78 is 2.04. The Hall–Kier alpha value is -3.27. The highest BCUT2D eigenvalue weighted by Gasteiger charge is 2.24. The topological polar surface area (TPSA) is 130 Å². The first-order valence-electron chi connectivity index (χ1n) is 13.0. The molecule has 2 atom stereocenters. The first kappa shape index (κ1) is 31.0. The van der Waals surface area contributed by atoms with E-state index in [9.17, 15) is 19.2 Å². The number of nitrogens with one attached hydrogen (secondary N) is 3. The Labute approximate surface area is 229 Å². The number of amides is 3. The van der Waals surface area contributed by atoms with Crippen molar-refractivity contribution in [3.63, 3.8) is 0 Å². The second kappa shape index (κ2) is 15.2. The molecular weight excluding hydrogens is 504 g/mol. The minimum absolute atomic E-state index is 0.00644. The summed E-state index contributed by atoms with van der Waals surface area (Å²) >= 11 is 1.57. The van der Waals surface area contributed by atoms with Crippen LogP contribution in [0.25, 0.3) is 0 Å². The van der Waals surface area contributed by atoms with Crippen molar-refractivity contribution in [1.29, 1.82) is 0 Å². The number of carbonyl (C=O) groups is 4. The van der Waals surface area contributed by atoms with Crippen LogP contribution in [0.15, 0.2) is 42.7 Å². The summed E-state index contributed by atoms with van der Waals surface area (Å²) in [4.78, 5) is 48.9. The largest absolute Gasteiger partial charge is 0.481 e. The van der Waals surface area contributed by atoms with Gasteiger partial charge in [0, 0.05) is 35.8 Å². The van der Waals surface area contributed by atoms with E-state index in [1.807, 2.05) is 48.1 Å². The van der Waals surface area contributed by atoms with Gasteiger partial charge in [-0.05, 0) is 55.5 Å². The number of aryl methyl sites for hydroxylation is 1. The van der Waals surface area contributed by atoms with Crippen molar-refractivity contribution in [2.24, 2.45) is 0 Å². The van der Waals surface area contributed by atoms with E-state index in [0.717, 1.165) is 30.4 Å². The van der Waals surface area contributed by atoms with Crippen LogP contribution in [0.3, 0.4) is 0 Å². The minimum Gasteiger partial charge on any atom is -0.481 e. The first-order valence-corrected chi connectivity index (χ1v) is 14.0. The van der Waals surface area contributed by atoms with Gasteiger partial charge in [-0.3, -0.25) is 19.2 Å². The van der Waals surface area contributed by atoms with Crippen molar-refractivity contribution in [2.45, 2.75) is 77.1 Å². The highest BCUT2D eigenvalue weighted by atomic mass is 32.2. The molecule has 0 saturated carbocycles. The number of hydrogen-bond acceptors (Lipinski definition) is 5. The van der Waals surface area contributed by atoms with Gasteiger partial charge >= 0.3 is 5.97 Å². The van der Waals surface area contributed by atoms with Crippen molar-refractivity contribution in [2.75, 3.05) is 17.6 Å². The third-order valence-corrected chi connectivity index (χ3v) is 7.88. The van der Waals surface area contributed by atoms with E-state index in [1.54, 1.807) is 17.8 Å². The van der Waals surface area contributed by atoms with Gasteiger partial charge in [0.15, 0.2) is 0 Å². The summed E-state index contributed by atoms with van der Waals surface area (Å²) in [7, 11) is 0. The summed E-state index contributed by atoms with van der Waals surface area (Å²) in [5.74, 6) is -2.18. The highest BCUT2D eigenvalue weighted by molar-refractivity contribution is 8.01. The Morgan fingerprint density at radius 2 is 1.89 bits per heavy atom. The molecule has 0 fully saturated rings. The second-order valence-corrected chi connectivity index (χ2v) is 11.3. The van der Waals surface area contributed by atoms with Crippen LogP contribution in [-0.4, -0.2) is 56.5 Å². The summed E-state index contributed by atoms with van der Waals surface area (Å²) in [6.45, 7) is 8.68. The minimum atomic E-state index is -1.07. The van der Waals surface area contributed by atoms with Crippen molar-refractivity contribution in [3.05, 3.63) is 53.9 Å². The molecule has 0 spiro atoms. The van der Waals surface area contributed by atoms with Crippen LogP contribution in [0.4, 0.5) is 5.69 Å². The van der Waals surface area contributed by atoms with Crippen LogP contribution >= 0.6 is 11.8 Å². The molecule has 0 aliphatic rings. The van der Waals surface area contributed by atoms with Crippen LogP contribution in [0.1, 0.15) is 64.0 Å². The van der Waals surface area contributed by atoms with Gasteiger partial charge in [-0.1, -0.05) is 39.3 Å². The molecule has 0 saturated heterocycles. The van der Waals surface area contributed by atoms with E-state index in [-0.39, 0.29) is 35.8 Å². The number of thioether (sulfide) groups is 1. The lowest BCUT2D eigenvalue weighted by atomic mass is 10.0. The fraction of sp³-hybridized carbons (Fsp3) is 0.500. The lowest BCUT2D eigenvalue weighted by molar-refractivity contribution is -0.137. The van der Waals surface area contributed by atoms with E-state index in [4.69, 9.17) is 5.11 Å². The third-order valence-electron chi connectivity index (χ3n) is 6.28. The van der Waals surface area contributed by atoms with Crippen molar-refractivity contribution in [1.82, 2.24) is 15.2 Å². The van der Waals surface area contributed by atoms with Crippen molar-refractivity contribution < 1.29 is 24.3 Å². The van der Waals surface area contributed by atoms with Gasteiger partial charge in [-0.2, -0.15) is 0 Å². The van der Waals surface area contributed by atoms with E-state index in [1.165, 1.54) is 0 Å². The number of anilines is 1. The first-order chi connectivity index (χ1) is 18.0. The Morgan fingerprint density at radius 3 is 2.53 bits per heavy atom. The number of benzene rings is 1. The number of rotatable bonds is 16. The number of carbonyl (C=O) groups excluding carboxylic acids is 3. The number of carboxylic acids is 1. The summed E-state index contributed by atoms with van der Waals surface area (Å²) in [5, 5.41) is 17.0. The molecule has 1 heterocycles. The maximum absolute atomic E-state index is 13.0. The number of nitrogens with zero attached hydrogens (tertiary/aromatic N) is 1. The molecule has 0 aliphatic carbocycles. The fourth-order valence-corrected chi connectivity index (χ4v) is 5.11. The average molecular weight is 545 g/mol. The molecule has 0 bridgehead atoms. The Morgan fingerprint density at radius 1 is 1.13 bits per heavy atom. The average Bonchev–Trinajstić information content (AvgIpc) is 3.28. The number of aliphatic carboxylic acids is 1. The quantitative estimate of drug-likeness (QED) is 0.253. The summed E-state index contributed by atoms with van der Waals surface area (Å²) in [6, 6.07) is 8.29. The molecule has 2 rings (SSSR count). The van der Waals surface area contributed by atoms with Crippen LogP contribution in [0, 0.1) is 6.92 Å². The lowest BCUT2D eigenvalue weighted by Crippen LogP contribution is -2.48. The molecular formula is C28H40N4O5S. The Kier molecular flexibility index (Phi) is 12.4. The Bertz CT molecular complexity index is 1100. The Balaban J connectivity index is 1.94. The molecule has 1 aromatic carbocycles. The van der Waals surface area contributed by atoms with Crippen molar-refractivity contribution >= 4 is 41.1 Å². The third kappa shape index (κ3) is 11.0. The molecule has 0 radical (unpaired) electrons. The zero-order valence-electron chi connectivity index (χ0n) is 22.7. The molecule has 208 valence electrons. The van der Waals surface area contributed by atoms with Gasteiger partial charge in [0.25, 0.3) is 0 Å². The van der Waals surface area contributed by atoms with Gasteiger partial charge in [0.1, 0.15) is 6.04 Å². The standard InChI is InChI=1S/C28H40N4O5S/c1-5-13-28(4,6-2)38-19-25(34)29-16-24(33)31-23(10-11-26(35)36)27(37)30-22-9-7-8-21(15-22)18-32-14-12-20(3)17-32/h7-9,12,14-15,17,23H,5-6,10-11,13,16,18-19H2,1-4H3,(H,29,34)(H,30,37)(H,31,33)(H,35,36)/t23-,28?/m0/s1. The SMILES string of the molecule is CCCC(C)(CC)SCC(=O)NCC(=O)N[C@@H](CCC(=O)O)C(=O)Nc1cccc(Cn2ccc(C)c2)c1. The smallest absolute Gasteiger partial charge is 0.303 e. The van der Waals surface area contributed by atoms with Gasteiger partial charge in [0.2, 0.25) is 17.7 Å². The normalized spacial score (nSPS) is 13.3. The fourth-order valence-electron chi connectivity index (χ4n) is 3.98. The molecule has 10 heteroatoms. The number of carboxylic acid groups (broad SMARTS) is 1. The van der Waals surface area contributed by atoms with E-state index < -0.39 is 23.8 Å². The molecule has 1 unspecified atom stereocenters. The molecule has 38 heavy (non-hydrogen) atoms. The van der Waals surface area contributed by atoms with Gasteiger partial charge in [-0.25, -0.2) is 0 Å². The molecule has 4 N–H and O–H groups in total. The number of hydrogen-bond donors (Lipinski definition) is 4. The molecule has 9 nitrogen and oxygen atoms in total. The lowest BCUT2D eigenvalue weighted by Gasteiger charge is -2.26. The van der Waals surface area contributed by atoms with Gasteiger partial charge in [-0.15, -0.1) is 11.8 Å². The highest BCUT2D eigenvalue weighted by Crippen LogP contribution is 2.32. The van der Waals surface area contributed by atoms with Crippen LogP contribution < -0.4 is 16.0 Å². The van der Waals surface area contributed by atoms with E-state index in [2.05, 4.69) is 36.7 Å². The zero-order valence-corrected chi connectivity index (χ0v) is 23.5.